The maximum Gasteiger partial charge on any atom is 0.0961 e. The van der Waals surface area contributed by atoms with Crippen molar-refractivity contribution in [1.29, 1.82) is 5.26 Å². The van der Waals surface area contributed by atoms with Crippen molar-refractivity contribution < 1.29 is 0 Å². The molecule has 1 aromatic carbocycles. The highest BCUT2D eigenvalue weighted by molar-refractivity contribution is 6.30. The molecular weight excluding hydrogens is 232 g/mol. The Hall–Kier alpha value is -1.30. The second kappa shape index (κ2) is 7.89. The van der Waals surface area contributed by atoms with Gasteiger partial charge >= 0.3 is 0 Å². The summed E-state index contributed by atoms with van der Waals surface area (Å²) in [5, 5.41) is 13.0. The molecule has 0 saturated heterocycles. The van der Waals surface area contributed by atoms with Crippen molar-refractivity contribution in [2.75, 3.05) is 13.1 Å². The van der Waals surface area contributed by atoms with E-state index in [4.69, 9.17) is 16.9 Å². The van der Waals surface area contributed by atoms with Crippen molar-refractivity contribution in [2.24, 2.45) is 0 Å². The largest absolute Gasteiger partial charge is 0.312 e. The van der Waals surface area contributed by atoms with Crippen LogP contribution in [0.5, 0.6) is 0 Å². The third-order valence-corrected chi connectivity index (χ3v) is 2.63. The van der Waals surface area contributed by atoms with Gasteiger partial charge in [0, 0.05) is 17.1 Å². The van der Waals surface area contributed by atoms with Gasteiger partial charge in [-0.1, -0.05) is 37.1 Å². The Balaban J connectivity index is 2.55. The summed E-state index contributed by atoms with van der Waals surface area (Å²) in [4.78, 5) is 0. The standard InChI is InChI=1S/C14H17ClN2/c1-2-3-8-17-11-13(10-16)9-12-4-6-14(15)7-5-12/h4-7,9,17H,2-3,8,11H2,1H3/b13-9+. The van der Waals surface area contributed by atoms with E-state index in [1.165, 1.54) is 0 Å². The Bertz CT molecular complexity index is 401. The number of hydrogen-bond acceptors (Lipinski definition) is 2. The van der Waals surface area contributed by atoms with E-state index in [0.717, 1.165) is 30.5 Å². The fraction of sp³-hybridized carbons (Fsp3) is 0.357. The minimum absolute atomic E-state index is 0.624. The highest BCUT2D eigenvalue weighted by atomic mass is 35.5. The van der Waals surface area contributed by atoms with Crippen LogP contribution in [0.4, 0.5) is 0 Å². The molecule has 1 rings (SSSR count). The van der Waals surface area contributed by atoms with Crippen molar-refractivity contribution in [1.82, 2.24) is 5.32 Å². The van der Waals surface area contributed by atoms with Gasteiger partial charge in [-0.15, -0.1) is 0 Å². The predicted octanol–water partition coefficient (Wildman–Crippen LogP) is 3.64. The predicted molar refractivity (Wildman–Crippen MR) is 72.8 cm³/mol. The summed E-state index contributed by atoms with van der Waals surface area (Å²) in [6.07, 6.45) is 4.19. The number of halogens is 1. The van der Waals surface area contributed by atoms with Crippen LogP contribution in [0.1, 0.15) is 25.3 Å². The lowest BCUT2D eigenvalue weighted by molar-refractivity contribution is 0.676. The number of hydrogen-bond donors (Lipinski definition) is 1. The van der Waals surface area contributed by atoms with E-state index in [-0.39, 0.29) is 0 Å². The van der Waals surface area contributed by atoms with Gasteiger partial charge in [0.1, 0.15) is 0 Å². The molecule has 0 radical (unpaired) electrons. The Morgan fingerprint density at radius 1 is 1.41 bits per heavy atom. The number of nitriles is 1. The lowest BCUT2D eigenvalue weighted by Gasteiger charge is -2.02. The Morgan fingerprint density at radius 3 is 2.71 bits per heavy atom. The second-order valence-electron chi connectivity index (χ2n) is 3.86. The molecule has 17 heavy (non-hydrogen) atoms. The van der Waals surface area contributed by atoms with Crippen LogP contribution in [0.2, 0.25) is 5.02 Å². The van der Waals surface area contributed by atoms with Crippen LogP contribution >= 0.6 is 11.6 Å². The molecule has 0 aliphatic heterocycles. The minimum Gasteiger partial charge on any atom is -0.312 e. The lowest BCUT2D eigenvalue weighted by atomic mass is 10.1. The summed E-state index contributed by atoms with van der Waals surface area (Å²) >= 11 is 5.80. The van der Waals surface area contributed by atoms with E-state index in [2.05, 4.69) is 18.3 Å². The molecule has 0 aliphatic rings. The van der Waals surface area contributed by atoms with Gasteiger partial charge in [-0.05, 0) is 36.7 Å². The first-order valence-electron chi connectivity index (χ1n) is 5.83. The molecule has 0 aliphatic carbocycles. The first-order chi connectivity index (χ1) is 8.26. The number of benzene rings is 1. The van der Waals surface area contributed by atoms with Crippen molar-refractivity contribution >= 4 is 17.7 Å². The van der Waals surface area contributed by atoms with Crippen molar-refractivity contribution in [2.45, 2.75) is 19.8 Å². The van der Waals surface area contributed by atoms with E-state index in [0.29, 0.717) is 11.6 Å². The summed E-state index contributed by atoms with van der Waals surface area (Å²) in [7, 11) is 0. The fourth-order valence-electron chi connectivity index (χ4n) is 1.41. The smallest absolute Gasteiger partial charge is 0.0961 e. The van der Waals surface area contributed by atoms with E-state index < -0.39 is 0 Å². The van der Waals surface area contributed by atoms with Gasteiger partial charge in [0.05, 0.1) is 6.07 Å². The molecule has 2 nitrogen and oxygen atoms in total. The Kier molecular flexibility index (Phi) is 6.39. The van der Waals surface area contributed by atoms with Gasteiger partial charge in [-0.2, -0.15) is 5.26 Å². The first-order valence-corrected chi connectivity index (χ1v) is 6.21. The molecule has 3 heteroatoms. The van der Waals surface area contributed by atoms with Crippen LogP contribution in [0.25, 0.3) is 6.08 Å². The molecule has 0 aromatic heterocycles. The van der Waals surface area contributed by atoms with Gasteiger partial charge in [-0.25, -0.2) is 0 Å². The molecule has 90 valence electrons. The third kappa shape index (κ3) is 5.53. The van der Waals surface area contributed by atoms with Crippen LogP contribution in [0.3, 0.4) is 0 Å². The first kappa shape index (κ1) is 13.8. The van der Waals surface area contributed by atoms with Crippen molar-refractivity contribution in [3.63, 3.8) is 0 Å². The zero-order valence-electron chi connectivity index (χ0n) is 10.0. The topological polar surface area (TPSA) is 35.8 Å². The highest BCUT2D eigenvalue weighted by Crippen LogP contribution is 2.12. The Labute approximate surface area is 108 Å². The van der Waals surface area contributed by atoms with Gasteiger partial charge in [-0.3, -0.25) is 0 Å². The van der Waals surface area contributed by atoms with E-state index in [1.54, 1.807) is 0 Å². The molecular formula is C14H17ClN2. The number of unbranched alkanes of at least 4 members (excludes halogenated alkanes) is 1. The number of rotatable bonds is 6. The summed E-state index contributed by atoms with van der Waals surface area (Å²) in [6, 6.07) is 9.68. The SMILES string of the molecule is CCCCNC/C(C#N)=C/c1ccc(Cl)cc1. The van der Waals surface area contributed by atoms with Crippen molar-refractivity contribution in [3.8, 4) is 6.07 Å². The van der Waals surface area contributed by atoms with Gasteiger partial charge in [0.15, 0.2) is 0 Å². The van der Waals surface area contributed by atoms with Crippen LogP contribution in [0, 0.1) is 11.3 Å². The van der Waals surface area contributed by atoms with E-state index in [9.17, 15) is 0 Å². The second-order valence-corrected chi connectivity index (χ2v) is 4.30. The maximum atomic E-state index is 9.01. The minimum atomic E-state index is 0.624. The molecule has 0 unspecified atom stereocenters. The molecule has 0 spiro atoms. The molecule has 0 fully saturated rings. The normalized spacial score (nSPS) is 11.2. The molecule has 0 amide bonds. The Morgan fingerprint density at radius 2 is 2.12 bits per heavy atom. The zero-order valence-corrected chi connectivity index (χ0v) is 10.8. The van der Waals surface area contributed by atoms with E-state index in [1.807, 2.05) is 30.3 Å². The molecule has 1 N–H and O–H groups in total. The molecule has 1 aromatic rings. The molecule has 0 saturated carbocycles. The quantitative estimate of drug-likeness (QED) is 0.616. The molecule has 0 bridgehead atoms. The third-order valence-electron chi connectivity index (χ3n) is 2.38. The van der Waals surface area contributed by atoms with Gasteiger partial charge in [0.25, 0.3) is 0 Å². The van der Waals surface area contributed by atoms with E-state index >= 15 is 0 Å². The number of nitrogens with one attached hydrogen (secondary N) is 1. The van der Waals surface area contributed by atoms with Crippen LogP contribution in [-0.4, -0.2) is 13.1 Å². The average molecular weight is 249 g/mol. The monoisotopic (exact) mass is 248 g/mol. The summed E-state index contributed by atoms with van der Waals surface area (Å²) in [5.74, 6) is 0. The highest BCUT2D eigenvalue weighted by Gasteiger charge is 1.96. The molecule has 0 atom stereocenters. The van der Waals surface area contributed by atoms with Crippen LogP contribution in [-0.2, 0) is 0 Å². The zero-order chi connectivity index (χ0) is 12.5. The average Bonchev–Trinajstić information content (AvgIpc) is 2.35. The summed E-state index contributed by atoms with van der Waals surface area (Å²) in [5.41, 5.74) is 1.74. The van der Waals surface area contributed by atoms with Gasteiger partial charge < -0.3 is 5.32 Å². The lowest BCUT2D eigenvalue weighted by Crippen LogP contribution is -2.17. The van der Waals surface area contributed by atoms with Crippen LogP contribution < -0.4 is 5.32 Å². The van der Waals surface area contributed by atoms with Gasteiger partial charge in [0.2, 0.25) is 0 Å². The maximum absolute atomic E-state index is 9.01. The van der Waals surface area contributed by atoms with Crippen molar-refractivity contribution in [3.05, 3.63) is 40.4 Å². The summed E-state index contributed by atoms with van der Waals surface area (Å²) < 4.78 is 0. The molecule has 0 heterocycles. The summed E-state index contributed by atoms with van der Waals surface area (Å²) in [6.45, 7) is 3.73. The number of nitrogens with zero attached hydrogens (tertiary/aromatic N) is 1. The van der Waals surface area contributed by atoms with Crippen LogP contribution in [0.15, 0.2) is 29.8 Å². The fourth-order valence-corrected chi connectivity index (χ4v) is 1.53.